The van der Waals surface area contributed by atoms with Crippen LogP contribution in [0.15, 0.2) is 84.6 Å². The zero-order valence-electron chi connectivity index (χ0n) is 14.6. The molecule has 0 saturated carbocycles. The maximum Gasteiger partial charge on any atom is 0.275 e. The molecule has 0 radical (unpaired) electrons. The Labute approximate surface area is 159 Å². The number of nitrogens with one attached hydrogen (secondary N) is 1. The van der Waals surface area contributed by atoms with Crippen molar-refractivity contribution in [1.29, 1.82) is 0 Å². The fraction of sp³-hybridized carbons (Fsp3) is 0.0455. The average Bonchev–Trinajstić information content (AvgIpc) is 3.01. The predicted octanol–water partition coefficient (Wildman–Crippen LogP) is 5.19. The van der Waals surface area contributed by atoms with Gasteiger partial charge >= 0.3 is 0 Å². The monoisotopic (exact) mass is 380 g/mol. The molecule has 140 valence electrons. The quantitative estimate of drug-likeness (QED) is 0.676. The number of carbonyl (C=O) groups is 1. The summed E-state index contributed by atoms with van der Waals surface area (Å²) < 4.78 is 40.9. The van der Waals surface area contributed by atoms with E-state index in [2.05, 4.69) is 5.32 Å². The number of halogens is 3. The van der Waals surface area contributed by atoms with Crippen molar-refractivity contribution in [3.05, 3.63) is 108 Å². The molecule has 0 spiro atoms. The molecule has 1 N–H and O–H groups in total. The first-order valence-electron chi connectivity index (χ1n) is 8.61. The topological polar surface area (TPSA) is 32.3 Å². The molecule has 1 amide bonds. The van der Waals surface area contributed by atoms with Gasteiger partial charge in [0.25, 0.3) is 5.91 Å². The van der Waals surface area contributed by atoms with Gasteiger partial charge in [0.15, 0.2) is 0 Å². The predicted molar refractivity (Wildman–Crippen MR) is 101 cm³/mol. The molecule has 3 nitrogen and oxygen atoms in total. The lowest BCUT2D eigenvalue weighted by molar-refractivity contribution is -0.114. The Morgan fingerprint density at radius 3 is 2.04 bits per heavy atom. The van der Waals surface area contributed by atoms with E-state index in [1.807, 2.05) is 0 Å². The molecule has 1 heterocycles. The highest BCUT2D eigenvalue weighted by molar-refractivity contribution is 6.11. The van der Waals surface area contributed by atoms with Crippen LogP contribution in [0.5, 0.6) is 0 Å². The minimum absolute atomic E-state index is 0.226. The summed E-state index contributed by atoms with van der Waals surface area (Å²) in [6.07, 6.45) is 1.60. The van der Waals surface area contributed by atoms with Gasteiger partial charge in [0, 0.05) is 16.9 Å². The highest BCUT2D eigenvalue weighted by Crippen LogP contribution is 2.37. The van der Waals surface area contributed by atoms with E-state index in [1.165, 1.54) is 59.5 Å². The summed E-state index contributed by atoms with van der Waals surface area (Å²) in [4.78, 5) is 14.5. The first-order chi connectivity index (χ1) is 13.5. The molecule has 3 aromatic carbocycles. The molecule has 28 heavy (non-hydrogen) atoms. The van der Waals surface area contributed by atoms with E-state index in [-0.39, 0.29) is 5.70 Å². The normalized spacial score (nSPS) is 16.2. The highest BCUT2D eigenvalue weighted by Gasteiger charge is 2.36. The molecule has 6 heteroatoms. The van der Waals surface area contributed by atoms with Crippen LogP contribution in [-0.2, 0) is 4.79 Å². The SMILES string of the molecule is O=C1C(Nc2ccc(F)cc2)=CC(c2ccccc2F)N1c1ccc(F)cc1. The maximum absolute atomic E-state index is 14.4. The van der Waals surface area contributed by atoms with Crippen molar-refractivity contribution in [3.63, 3.8) is 0 Å². The van der Waals surface area contributed by atoms with E-state index in [1.54, 1.807) is 24.3 Å². The third-order valence-corrected chi connectivity index (χ3v) is 4.50. The third-order valence-electron chi connectivity index (χ3n) is 4.50. The molecule has 0 saturated heterocycles. The van der Waals surface area contributed by atoms with Crippen LogP contribution in [0.2, 0.25) is 0 Å². The molecule has 0 fully saturated rings. The van der Waals surface area contributed by atoms with Gasteiger partial charge in [-0.15, -0.1) is 0 Å². The van der Waals surface area contributed by atoms with Crippen LogP contribution in [0.3, 0.4) is 0 Å². The van der Waals surface area contributed by atoms with Gasteiger partial charge in [-0.25, -0.2) is 13.2 Å². The van der Waals surface area contributed by atoms with Crippen molar-refractivity contribution in [3.8, 4) is 0 Å². The van der Waals surface area contributed by atoms with Crippen molar-refractivity contribution < 1.29 is 18.0 Å². The lowest BCUT2D eigenvalue weighted by atomic mass is 10.1. The van der Waals surface area contributed by atoms with E-state index in [4.69, 9.17) is 0 Å². The minimum Gasteiger partial charge on any atom is -0.351 e. The molecule has 0 aromatic heterocycles. The van der Waals surface area contributed by atoms with Crippen LogP contribution in [0.4, 0.5) is 24.5 Å². The van der Waals surface area contributed by atoms with Crippen LogP contribution in [0.1, 0.15) is 11.6 Å². The van der Waals surface area contributed by atoms with Gasteiger partial charge in [-0.1, -0.05) is 18.2 Å². The smallest absolute Gasteiger partial charge is 0.275 e. The van der Waals surface area contributed by atoms with Gasteiger partial charge in [0.2, 0.25) is 0 Å². The fourth-order valence-corrected chi connectivity index (χ4v) is 3.17. The fourth-order valence-electron chi connectivity index (χ4n) is 3.17. The summed E-state index contributed by atoms with van der Waals surface area (Å²) in [6, 6.07) is 16.4. The molecule has 4 rings (SSSR count). The second-order valence-corrected chi connectivity index (χ2v) is 6.33. The number of benzene rings is 3. The summed E-state index contributed by atoms with van der Waals surface area (Å²) in [7, 11) is 0. The Hall–Kier alpha value is -3.54. The Balaban J connectivity index is 1.74. The van der Waals surface area contributed by atoms with E-state index in [0.29, 0.717) is 16.9 Å². The van der Waals surface area contributed by atoms with Crippen LogP contribution >= 0.6 is 0 Å². The Morgan fingerprint density at radius 1 is 0.786 bits per heavy atom. The Bertz CT molecular complexity index is 1050. The standard InChI is InChI=1S/C22H15F3N2O/c23-14-5-9-16(10-6-14)26-20-13-21(18-3-1-2-4-19(18)25)27(22(20)28)17-11-7-15(24)8-12-17/h1-13,21,26H. The maximum atomic E-state index is 14.4. The molecule has 0 bridgehead atoms. The summed E-state index contributed by atoms with van der Waals surface area (Å²) >= 11 is 0. The van der Waals surface area contributed by atoms with Crippen molar-refractivity contribution in [2.75, 3.05) is 10.2 Å². The Morgan fingerprint density at radius 2 is 1.39 bits per heavy atom. The summed E-state index contributed by atoms with van der Waals surface area (Å²) in [5, 5.41) is 2.95. The largest absolute Gasteiger partial charge is 0.351 e. The van der Waals surface area contributed by atoms with E-state index >= 15 is 0 Å². The number of amides is 1. The number of nitrogens with zero attached hydrogens (tertiary/aromatic N) is 1. The van der Waals surface area contributed by atoms with Crippen LogP contribution in [-0.4, -0.2) is 5.91 Å². The molecule has 1 unspecified atom stereocenters. The van der Waals surface area contributed by atoms with Gasteiger partial charge in [0.05, 0.1) is 6.04 Å². The van der Waals surface area contributed by atoms with Crippen molar-refractivity contribution >= 4 is 17.3 Å². The zero-order chi connectivity index (χ0) is 19.7. The summed E-state index contributed by atoms with van der Waals surface area (Å²) in [6.45, 7) is 0. The summed E-state index contributed by atoms with van der Waals surface area (Å²) in [5.74, 6) is -1.68. The van der Waals surface area contributed by atoms with Gasteiger partial charge in [-0.2, -0.15) is 0 Å². The minimum atomic E-state index is -0.706. The lowest BCUT2D eigenvalue weighted by Crippen LogP contribution is -2.31. The summed E-state index contributed by atoms with van der Waals surface area (Å²) in [5.41, 5.74) is 1.50. The highest BCUT2D eigenvalue weighted by atomic mass is 19.1. The van der Waals surface area contributed by atoms with Crippen molar-refractivity contribution in [1.82, 2.24) is 0 Å². The first-order valence-corrected chi connectivity index (χ1v) is 8.61. The van der Waals surface area contributed by atoms with Crippen LogP contribution < -0.4 is 10.2 Å². The van der Waals surface area contributed by atoms with Crippen LogP contribution in [0.25, 0.3) is 0 Å². The number of anilines is 2. The molecular formula is C22H15F3N2O. The van der Waals surface area contributed by atoms with Gasteiger partial charge in [0.1, 0.15) is 23.1 Å². The van der Waals surface area contributed by atoms with E-state index < -0.39 is 29.4 Å². The van der Waals surface area contributed by atoms with E-state index in [0.717, 1.165) is 0 Å². The van der Waals surface area contributed by atoms with E-state index in [9.17, 15) is 18.0 Å². The number of hydrogen-bond acceptors (Lipinski definition) is 2. The second kappa shape index (κ2) is 7.23. The lowest BCUT2D eigenvalue weighted by Gasteiger charge is -2.25. The van der Waals surface area contributed by atoms with Gasteiger partial charge < -0.3 is 5.32 Å². The van der Waals surface area contributed by atoms with Gasteiger partial charge in [-0.3, -0.25) is 9.69 Å². The third kappa shape index (κ3) is 3.36. The number of hydrogen-bond donors (Lipinski definition) is 1. The molecule has 1 atom stereocenters. The first kappa shape index (κ1) is 17.9. The number of carbonyl (C=O) groups excluding carboxylic acids is 1. The molecule has 3 aromatic rings. The molecule has 0 aliphatic carbocycles. The molecule has 1 aliphatic heterocycles. The zero-order valence-corrected chi connectivity index (χ0v) is 14.6. The van der Waals surface area contributed by atoms with Crippen LogP contribution in [0, 0.1) is 17.5 Å². The number of rotatable bonds is 4. The van der Waals surface area contributed by atoms with Crippen molar-refractivity contribution in [2.24, 2.45) is 0 Å². The second-order valence-electron chi connectivity index (χ2n) is 6.33. The average molecular weight is 380 g/mol. The van der Waals surface area contributed by atoms with Crippen molar-refractivity contribution in [2.45, 2.75) is 6.04 Å². The van der Waals surface area contributed by atoms with Gasteiger partial charge in [-0.05, 0) is 60.7 Å². The Kier molecular flexibility index (Phi) is 4.61. The molecular weight excluding hydrogens is 365 g/mol. The molecule has 1 aliphatic rings.